The third kappa shape index (κ3) is 4.64. The smallest absolute Gasteiger partial charge is 0.251 e. The molecule has 5 rings (SSSR count). The van der Waals surface area contributed by atoms with Crippen molar-refractivity contribution in [2.75, 3.05) is 45.2 Å². The van der Waals surface area contributed by atoms with Gasteiger partial charge in [0.05, 0.1) is 5.69 Å². The van der Waals surface area contributed by atoms with Gasteiger partial charge in [-0.15, -0.1) is 10.2 Å². The number of benzene rings is 1. The van der Waals surface area contributed by atoms with Gasteiger partial charge in [0.2, 0.25) is 0 Å². The number of anilines is 1. The Labute approximate surface area is 189 Å². The molecule has 32 heavy (non-hydrogen) atoms. The van der Waals surface area contributed by atoms with Gasteiger partial charge >= 0.3 is 0 Å². The third-order valence-electron chi connectivity index (χ3n) is 7.38. The van der Waals surface area contributed by atoms with E-state index in [0.29, 0.717) is 17.3 Å². The second kappa shape index (κ2) is 9.55. The van der Waals surface area contributed by atoms with Crippen molar-refractivity contribution in [2.24, 2.45) is 17.8 Å². The van der Waals surface area contributed by atoms with Crippen LogP contribution in [0, 0.1) is 17.8 Å². The molecule has 1 aromatic heterocycles. The summed E-state index contributed by atoms with van der Waals surface area (Å²) in [5, 5.41) is 15.1. The van der Waals surface area contributed by atoms with Crippen molar-refractivity contribution in [1.82, 2.24) is 20.4 Å². The van der Waals surface area contributed by atoms with Crippen LogP contribution in [0.25, 0.3) is 11.3 Å². The topological polar surface area (TPSA) is 79.4 Å². The predicted molar refractivity (Wildman–Crippen MR) is 124 cm³/mol. The lowest BCUT2D eigenvalue weighted by atomic mass is 10.00. The molecule has 7 heteroatoms. The van der Waals surface area contributed by atoms with Gasteiger partial charge in [-0.2, -0.15) is 0 Å². The summed E-state index contributed by atoms with van der Waals surface area (Å²) in [4.78, 5) is 14.8. The third-order valence-corrected chi connectivity index (χ3v) is 7.38. The summed E-state index contributed by atoms with van der Waals surface area (Å²) >= 11 is 0. The van der Waals surface area contributed by atoms with Crippen LogP contribution in [0.4, 0.5) is 5.82 Å². The molecule has 0 bridgehead atoms. The lowest BCUT2D eigenvalue weighted by molar-refractivity contribution is 0.0545. The molecule has 1 aromatic carbocycles. The highest BCUT2D eigenvalue weighted by Crippen LogP contribution is 2.39. The van der Waals surface area contributed by atoms with Crippen LogP contribution in [0.5, 0.6) is 0 Å². The Kier molecular flexibility index (Phi) is 6.37. The summed E-state index contributed by atoms with van der Waals surface area (Å²) in [5.41, 5.74) is 2.12. The molecule has 2 aliphatic heterocycles. The number of fused-ring (bicyclic) bond motifs is 1. The number of carbonyl (C=O) groups excluding carboxylic acids is 1. The molecule has 170 valence electrons. The summed E-state index contributed by atoms with van der Waals surface area (Å²) in [6, 6.07) is 11.9. The van der Waals surface area contributed by atoms with Crippen LogP contribution in [-0.2, 0) is 4.74 Å². The van der Waals surface area contributed by atoms with Gasteiger partial charge in [0.1, 0.15) is 5.82 Å². The first-order chi connectivity index (χ1) is 15.7. The van der Waals surface area contributed by atoms with E-state index in [4.69, 9.17) is 4.74 Å². The van der Waals surface area contributed by atoms with Crippen LogP contribution < -0.4 is 10.6 Å². The number of ether oxygens (including phenoxy) is 1. The lowest BCUT2D eigenvalue weighted by Gasteiger charge is -2.27. The van der Waals surface area contributed by atoms with Gasteiger partial charge in [0.15, 0.2) is 0 Å². The van der Waals surface area contributed by atoms with Gasteiger partial charge in [-0.1, -0.05) is 18.2 Å². The Hall–Kier alpha value is -2.51. The second-order valence-corrected chi connectivity index (χ2v) is 9.54. The van der Waals surface area contributed by atoms with Crippen LogP contribution in [0.2, 0.25) is 0 Å². The van der Waals surface area contributed by atoms with Gasteiger partial charge in [-0.05, 0) is 61.6 Å². The maximum Gasteiger partial charge on any atom is 0.251 e. The largest absolute Gasteiger partial charge is 0.381 e. The molecule has 1 aliphatic carbocycles. The number of amides is 1. The highest BCUT2D eigenvalue weighted by atomic mass is 16.5. The van der Waals surface area contributed by atoms with Crippen LogP contribution >= 0.6 is 0 Å². The Morgan fingerprint density at radius 1 is 1.06 bits per heavy atom. The molecular weight excluding hydrogens is 402 g/mol. The first-order valence-electron chi connectivity index (χ1n) is 11.9. The van der Waals surface area contributed by atoms with Crippen molar-refractivity contribution < 1.29 is 9.53 Å². The Morgan fingerprint density at radius 2 is 1.81 bits per heavy atom. The molecule has 3 heterocycles. The first kappa shape index (κ1) is 21.3. The Balaban J connectivity index is 1.16. The highest BCUT2D eigenvalue weighted by molar-refractivity contribution is 6.00. The summed E-state index contributed by atoms with van der Waals surface area (Å²) in [5.74, 6) is 3.10. The van der Waals surface area contributed by atoms with Crippen molar-refractivity contribution >= 4 is 11.7 Å². The van der Waals surface area contributed by atoms with Gasteiger partial charge in [-0.25, -0.2) is 0 Å². The van der Waals surface area contributed by atoms with Crippen LogP contribution in [0.15, 0.2) is 36.4 Å². The minimum absolute atomic E-state index is 0.118. The zero-order valence-corrected chi connectivity index (χ0v) is 18.8. The van der Waals surface area contributed by atoms with E-state index in [2.05, 4.69) is 25.7 Å². The van der Waals surface area contributed by atoms with Crippen molar-refractivity contribution in [3.63, 3.8) is 0 Å². The van der Waals surface area contributed by atoms with Crippen LogP contribution in [-0.4, -0.2) is 66.9 Å². The Morgan fingerprint density at radius 3 is 2.50 bits per heavy atom. The predicted octanol–water partition coefficient (Wildman–Crippen LogP) is 3.05. The first-order valence-corrected chi connectivity index (χ1v) is 11.9. The van der Waals surface area contributed by atoms with Gasteiger partial charge in [0, 0.05) is 57.1 Å². The fourth-order valence-electron chi connectivity index (χ4n) is 5.76. The van der Waals surface area contributed by atoms with Gasteiger partial charge in [-0.3, -0.25) is 4.79 Å². The number of hydrogen-bond acceptors (Lipinski definition) is 6. The number of aromatic nitrogens is 2. The summed E-state index contributed by atoms with van der Waals surface area (Å²) in [6.07, 6.45) is 4.85. The average Bonchev–Trinajstić information content (AvgIpc) is 3.37. The highest BCUT2D eigenvalue weighted by Gasteiger charge is 2.41. The molecule has 7 nitrogen and oxygen atoms in total. The molecule has 2 N–H and O–H groups in total. The molecule has 3 aliphatic rings. The van der Waals surface area contributed by atoms with E-state index in [-0.39, 0.29) is 5.91 Å². The molecule has 3 fully saturated rings. The number of nitrogens with one attached hydrogen (secondary N) is 2. The van der Waals surface area contributed by atoms with Gasteiger partial charge in [0.25, 0.3) is 5.91 Å². The SMILES string of the molecule is CNC(=O)c1ccccc1-c1ccc(NC2CC3CN(CC4CCOCC4)C[C@H]3C2)nn1. The normalized spacial score (nSPS) is 26.1. The van der Waals surface area contributed by atoms with Crippen molar-refractivity contribution in [1.29, 1.82) is 0 Å². The van der Waals surface area contributed by atoms with E-state index in [9.17, 15) is 4.79 Å². The maximum atomic E-state index is 12.2. The molecule has 1 saturated carbocycles. The summed E-state index contributed by atoms with van der Waals surface area (Å²) < 4.78 is 5.51. The molecule has 1 amide bonds. The standard InChI is InChI=1S/C25H33N5O2/c1-26-25(31)22-5-3-2-4-21(22)23-6-7-24(29-28-23)27-20-12-18-15-30(16-19(18)13-20)14-17-8-10-32-11-9-17/h2-7,17-20H,8-16H2,1H3,(H,26,31)(H,27,29)/t18-,19?,20?/m1/s1. The van der Waals surface area contributed by atoms with Crippen molar-refractivity contribution in [2.45, 2.75) is 31.7 Å². The molecule has 2 aromatic rings. The fraction of sp³-hybridized carbons (Fsp3) is 0.560. The summed E-state index contributed by atoms with van der Waals surface area (Å²) in [6.45, 7) is 5.60. The minimum atomic E-state index is -0.118. The number of hydrogen-bond donors (Lipinski definition) is 2. The fourth-order valence-corrected chi connectivity index (χ4v) is 5.76. The Bertz CT molecular complexity index is 914. The molecule has 0 radical (unpaired) electrons. The van der Waals surface area contributed by atoms with E-state index < -0.39 is 0 Å². The van der Waals surface area contributed by atoms with Crippen LogP contribution in [0.1, 0.15) is 36.0 Å². The average molecular weight is 436 g/mol. The van der Waals surface area contributed by atoms with Crippen molar-refractivity contribution in [3.05, 3.63) is 42.0 Å². The molecule has 0 spiro atoms. The van der Waals surface area contributed by atoms with E-state index in [0.717, 1.165) is 42.3 Å². The number of likely N-dealkylation sites (tertiary alicyclic amines) is 1. The minimum Gasteiger partial charge on any atom is -0.381 e. The number of rotatable bonds is 6. The summed E-state index contributed by atoms with van der Waals surface area (Å²) in [7, 11) is 1.64. The lowest BCUT2D eigenvalue weighted by Crippen LogP contribution is -2.32. The van der Waals surface area contributed by atoms with Gasteiger partial charge < -0.3 is 20.3 Å². The zero-order valence-electron chi connectivity index (χ0n) is 18.8. The van der Waals surface area contributed by atoms with E-state index in [1.165, 1.54) is 45.3 Å². The second-order valence-electron chi connectivity index (χ2n) is 9.54. The quantitative estimate of drug-likeness (QED) is 0.726. The molecular formula is C25H33N5O2. The number of carbonyl (C=O) groups is 1. The number of nitrogens with zero attached hydrogens (tertiary/aromatic N) is 3. The van der Waals surface area contributed by atoms with E-state index in [1.807, 2.05) is 36.4 Å². The van der Waals surface area contributed by atoms with E-state index in [1.54, 1.807) is 7.05 Å². The maximum absolute atomic E-state index is 12.2. The molecule has 2 unspecified atom stereocenters. The molecule has 2 saturated heterocycles. The monoisotopic (exact) mass is 435 g/mol. The van der Waals surface area contributed by atoms with Crippen LogP contribution in [0.3, 0.4) is 0 Å². The van der Waals surface area contributed by atoms with E-state index >= 15 is 0 Å². The van der Waals surface area contributed by atoms with Crippen molar-refractivity contribution in [3.8, 4) is 11.3 Å². The zero-order chi connectivity index (χ0) is 21.9. The molecule has 3 atom stereocenters.